The summed E-state index contributed by atoms with van der Waals surface area (Å²) in [6.07, 6.45) is 1.22. The number of hydrogen-bond donors (Lipinski definition) is 1. The fourth-order valence-corrected chi connectivity index (χ4v) is 2.96. The summed E-state index contributed by atoms with van der Waals surface area (Å²) in [5.74, 6) is 1.22. The molecule has 1 aliphatic heterocycles. The zero-order valence-electron chi connectivity index (χ0n) is 9.20. The molecule has 15 heavy (non-hydrogen) atoms. The summed E-state index contributed by atoms with van der Waals surface area (Å²) in [6, 6.07) is 8.73. The van der Waals surface area contributed by atoms with Crippen molar-refractivity contribution in [3.8, 4) is 0 Å². The van der Waals surface area contributed by atoms with Gasteiger partial charge in [0.2, 0.25) is 0 Å². The van der Waals surface area contributed by atoms with Crippen molar-refractivity contribution >= 4 is 17.4 Å². The van der Waals surface area contributed by atoms with Gasteiger partial charge in [-0.15, -0.1) is 11.8 Å². The summed E-state index contributed by atoms with van der Waals surface area (Å²) < 4.78 is 0. The van der Waals surface area contributed by atoms with Crippen LogP contribution in [0.4, 0.5) is 5.69 Å². The summed E-state index contributed by atoms with van der Waals surface area (Å²) in [7, 11) is 2.01. The van der Waals surface area contributed by atoms with E-state index in [1.165, 1.54) is 35.8 Å². The minimum atomic E-state index is 1.10. The first kappa shape index (κ1) is 10.8. The Balaban J connectivity index is 2.02. The average Bonchev–Trinajstić information content (AvgIpc) is 2.30. The molecule has 0 saturated carbocycles. The van der Waals surface area contributed by atoms with Gasteiger partial charge in [-0.1, -0.05) is 12.1 Å². The zero-order valence-corrected chi connectivity index (χ0v) is 10.0. The number of anilines is 1. The third-order valence-corrected chi connectivity index (χ3v) is 3.72. The van der Waals surface area contributed by atoms with Crippen LogP contribution in [0.5, 0.6) is 0 Å². The van der Waals surface area contributed by atoms with Gasteiger partial charge in [0.1, 0.15) is 0 Å². The molecule has 0 saturated heterocycles. The highest BCUT2D eigenvalue weighted by atomic mass is 32.2. The van der Waals surface area contributed by atoms with Crippen LogP contribution in [-0.4, -0.2) is 32.4 Å². The van der Waals surface area contributed by atoms with E-state index in [1.54, 1.807) is 0 Å². The topological polar surface area (TPSA) is 15.3 Å². The number of nitrogens with one attached hydrogen (secondary N) is 1. The van der Waals surface area contributed by atoms with Crippen LogP contribution in [-0.2, 0) is 0 Å². The number of fused-ring (bicyclic) bond motifs is 1. The van der Waals surface area contributed by atoms with Gasteiger partial charge >= 0.3 is 0 Å². The third-order valence-electron chi connectivity index (χ3n) is 2.68. The first-order valence-electron chi connectivity index (χ1n) is 5.53. The standard InChI is InChI=1S/C12H18N2S/c1-13-7-4-8-14-9-10-15-12-6-3-2-5-11(12)14/h2-3,5-6,13H,4,7-10H2,1H3. The smallest absolute Gasteiger partial charge is 0.0504 e. The Hall–Kier alpha value is -0.670. The molecule has 0 radical (unpaired) electrons. The van der Waals surface area contributed by atoms with Gasteiger partial charge < -0.3 is 10.2 Å². The number of thioether (sulfide) groups is 1. The molecule has 0 fully saturated rings. The van der Waals surface area contributed by atoms with Crippen molar-refractivity contribution in [2.75, 3.05) is 37.3 Å². The van der Waals surface area contributed by atoms with Crippen LogP contribution >= 0.6 is 11.8 Å². The number of para-hydroxylation sites is 1. The fraction of sp³-hybridized carbons (Fsp3) is 0.500. The first-order chi connectivity index (χ1) is 7.42. The molecule has 0 spiro atoms. The number of hydrogen-bond acceptors (Lipinski definition) is 3. The number of benzene rings is 1. The molecule has 2 rings (SSSR count). The van der Waals surface area contributed by atoms with Crippen LogP contribution in [0.3, 0.4) is 0 Å². The highest BCUT2D eigenvalue weighted by molar-refractivity contribution is 7.99. The van der Waals surface area contributed by atoms with Crippen molar-refractivity contribution in [3.63, 3.8) is 0 Å². The molecule has 1 aromatic rings. The van der Waals surface area contributed by atoms with Crippen molar-refractivity contribution < 1.29 is 0 Å². The lowest BCUT2D eigenvalue weighted by atomic mass is 10.2. The van der Waals surface area contributed by atoms with E-state index < -0.39 is 0 Å². The quantitative estimate of drug-likeness (QED) is 0.786. The van der Waals surface area contributed by atoms with Crippen molar-refractivity contribution in [1.82, 2.24) is 5.32 Å². The largest absolute Gasteiger partial charge is 0.370 e. The van der Waals surface area contributed by atoms with E-state index >= 15 is 0 Å². The lowest BCUT2D eigenvalue weighted by Gasteiger charge is -2.30. The van der Waals surface area contributed by atoms with Crippen molar-refractivity contribution in [1.29, 1.82) is 0 Å². The normalized spacial score (nSPS) is 15.1. The molecule has 1 aliphatic rings. The van der Waals surface area contributed by atoms with Gasteiger partial charge in [-0.25, -0.2) is 0 Å². The second-order valence-corrected chi connectivity index (χ2v) is 4.90. The van der Waals surface area contributed by atoms with Crippen molar-refractivity contribution in [2.45, 2.75) is 11.3 Å². The van der Waals surface area contributed by atoms with Gasteiger partial charge in [0.15, 0.2) is 0 Å². The Bertz CT molecular complexity index is 314. The van der Waals surface area contributed by atoms with E-state index in [1.807, 2.05) is 18.8 Å². The highest BCUT2D eigenvalue weighted by Gasteiger charge is 2.15. The summed E-state index contributed by atoms with van der Waals surface area (Å²) in [4.78, 5) is 3.94. The monoisotopic (exact) mass is 222 g/mol. The van der Waals surface area contributed by atoms with Gasteiger partial charge in [-0.3, -0.25) is 0 Å². The van der Waals surface area contributed by atoms with Crippen molar-refractivity contribution in [3.05, 3.63) is 24.3 Å². The molecule has 1 N–H and O–H groups in total. The Morgan fingerprint density at radius 3 is 3.13 bits per heavy atom. The summed E-state index contributed by atoms with van der Waals surface area (Å²) in [5.41, 5.74) is 1.42. The molecular weight excluding hydrogens is 204 g/mol. The van der Waals surface area contributed by atoms with E-state index in [0.29, 0.717) is 0 Å². The van der Waals surface area contributed by atoms with E-state index in [4.69, 9.17) is 0 Å². The Kier molecular flexibility index (Phi) is 3.92. The molecule has 0 aromatic heterocycles. The molecule has 2 nitrogen and oxygen atoms in total. The van der Waals surface area contributed by atoms with Crippen LogP contribution in [0.2, 0.25) is 0 Å². The zero-order chi connectivity index (χ0) is 10.5. The van der Waals surface area contributed by atoms with Crippen LogP contribution in [0, 0.1) is 0 Å². The van der Waals surface area contributed by atoms with Crippen LogP contribution < -0.4 is 10.2 Å². The van der Waals surface area contributed by atoms with Gasteiger partial charge in [0.05, 0.1) is 5.69 Å². The maximum atomic E-state index is 3.20. The predicted molar refractivity (Wildman–Crippen MR) is 67.9 cm³/mol. The molecule has 0 atom stereocenters. The number of nitrogens with zero attached hydrogens (tertiary/aromatic N) is 1. The minimum Gasteiger partial charge on any atom is -0.370 e. The second kappa shape index (κ2) is 5.42. The third kappa shape index (κ3) is 2.67. The Labute approximate surface area is 96.0 Å². The number of rotatable bonds is 4. The second-order valence-electron chi connectivity index (χ2n) is 3.76. The van der Waals surface area contributed by atoms with E-state index in [9.17, 15) is 0 Å². The fourth-order valence-electron chi connectivity index (χ4n) is 1.91. The Morgan fingerprint density at radius 2 is 2.27 bits per heavy atom. The molecule has 3 heteroatoms. The van der Waals surface area contributed by atoms with Crippen LogP contribution in [0.25, 0.3) is 0 Å². The molecule has 0 bridgehead atoms. The first-order valence-corrected chi connectivity index (χ1v) is 6.52. The lowest BCUT2D eigenvalue weighted by molar-refractivity contribution is 0.689. The van der Waals surface area contributed by atoms with Gasteiger partial charge in [-0.05, 0) is 32.1 Å². The SMILES string of the molecule is CNCCCN1CCSc2ccccc21. The summed E-state index contributed by atoms with van der Waals surface area (Å²) in [6.45, 7) is 3.45. The van der Waals surface area contributed by atoms with Gasteiger partial charge in [-0.2, -0.15) is 0 Å². The lowest BCUT2D eigenvalue weighted by Crippen LogP contribution is -2.31. The molecule has 0 amide bonds. The summed E-state index contributed by atoms with van der Waals surface area (Å²) >= 11 is 1.97. The van der Waals surface area contributed by atoms with Crippen LogP contribution in [0.1, 0.15) is 6.42 Å². The maximum absolute atomic E-state index is 3.20. The van der Waals surface area contributed by atoms with E-state index in [2.05, 4.69) is 34.5 Å². The molecule has 82 valence electrons. The molecule has 1 heterocycles. The average molecular weight is 222 g/mol. The predicted octanol–water partition coefficient (Wildman–Crippen LogP) is 2.21. The molecule has 1 aromatic carbocycles. The van der Waals surface area contributed by atoms with Gasteiger partial charge in [0.25, 0.3) is 0 Å². The molecular formula is C12H18N2S. The molecule has 0 aliphatic carbocycles. The maximum Gasteiger partial charge on any atom is 0.0504 e. The minimum absolute atomic E-state index is 1.10. The van der Waals surface area contributed by atoms with Gasteiger partial charge in [0, 0.05) is 23.7 Å². The van der Waals surface area contributed by atoms with Crippen molar-refractivity contribution in [2.24, 2.45) is 0 Å². The Morgan fingerprint density at radius 1 is 1.40 bits per heavy atom. The molecule has 0 unspecified atom stereocenters. The van der Waals surface area contributed by atoms with E-state index in [0.717, 1.165) is 6.54 Å². The van der Waals surface area contributed by atoms with Crippen LogP contribution in [0.15, 0.2) is 29.2 Å². The summed E-state index contributed by atoms with van der Waals surface area (Å²) in [5, 5.41) is 3.20. The highest BCUT2D eigenvalue weighted by Crippen LogP contribution is 2.34. The van der Waals surface area contributed by atoms with E-state index in [-0.39, 0.29) is 0 Å².